The normalized spacial score (nSPS) is 53.0. The summed E-state index contributed by atoms with van der Waals surface area (Å²) in [4.78, 5) is 37.9. The molecule has 5 fully saturated rings. The molecule has 0 radical (unpaired) electrons. The zero-order valence-electron chi connectivity index (χ0n) is 19.0. The van der Waals surface area contributed by atoms with Crippen LogP contribution in [0.15, 0.2) is 11.6 Å². The number of rotatable bonds is 2. The van der Waals surface area contributed by atoms with Crippen molar-refractivity contribution in [1.82, 2.24) is 0 Å². The molecular weight excluding hydrogens is 412 g/mol. The molecule has 0 aromatic heterocycles. The van der Waals surface area contributed by atoms with E-state index in [1.54, 1.807) is 6.08 Å². The van der Waals surface area contributed by atoms with E-state index in [-0.39, 0.29) is 47.7 Å². The van der Waals surface area contributed by atoms with E-state index in [4.69, 9.17) is 14.2 Å². The van der Waals surface area contributed by atoms with E-state index in [2.05, 4.69) is 13.8 Å². The summed E-state index contributed by atoms with van der Waals surface area (Å²) in [6.07, 6.45) is 6.33. The molecule has 0 aromatic carbocycles. The Morgan fingerprint density at radius 1 is 1.22 bits per heavy atom. The smallest absolute Gasteiger partial charge is 0.309 e. The second-order valence-corrected chi connectivity index (χ2v) is 11.4. The lowest BCUT2D eigenvalue weighted by Crippen LogP contribution is -2.65. The number of aliphatic hydroxyl groups excluding tert-OH is 1. The van der Waals surface area contributed by atoms with Gasteiger partial charge in [-0.2, -0.15) is 0 Å². The summed E-state index contributed by atoms with van der Waals surface area (Å²) in [5.74, 6) is -1.53. The molecule has 2 saturated heterocycles. The quantitative estimate of drug-likeness (QED) is 0.515. The zero-order valence-corrected chi connectivity index (χ0v) is 19.0. The Balaban J connectivity index is 1.53. The molecule has 6 rings (SSSR count). The van der Waals surface area contributed by atoms with Crippen LogP contribution in [0.2, 0.25) is 0 Å². The molecule has 7 nitrogen and oxygen atoms in total. The van der Waals surface area contributed by atoms with Crippen LogP contribution in [0.3, 0.4) is 0 Å². The topological polar surface area (TPSA) is 102 Å². The van der Waals surface area contributed by atoms with Gasteiger partial charge in [0.05, 0.1) is 25.7 Å². The number of fused-ring (bicyclic) bond motifs is 4. The lowest BCUT2D eigenvalue weighted by molar-refractivity contribution is -0.176. The number of hydrogen-bond donors (Lipinski definition) is 1. The second-order valence-electron chi connectivity index (χ2n) is 11.4. The Bertz CT molecular complexity index is 956. The predicted octanol–water partition coefficient (Wildman–Crippen LogP) is 2.34. The number of esters is 2. The molecule has 32 heavy (non-hydrogen) atoms. The first-order valence-corrected chi connectivity index (χ1v) is 12.0. The zero-order chi connectivity index (χ0) is 22.7. The van der Waals surface area contributed by atoms with Crippen molar-refractivity contribution in [2.24, 2.45) is 34.5 Å². The van der Waals surface area contributed by atoms with Crippen molar-refractivity contribution in [3.8, 4) is 0 Å². The first-order valence-electron chi connectivity index (χ1n) is 12.0. The van der Waals surface area contributed by atoms with Crippen molar-refractivity contribution in [2.45, 2.75) is 76.1 Å². The Morgan fingerprint density at radius 3 is 2.66 bits per heavy atom. The maximum absolute atomic E-state index is 13.3. The van der Waals surface area contributed by atoms with Gasteiger partial charge in [0.1, 0.15) is 11.2 Å². The Hall–Kier alpha value is -1.73. The highest BCUT2D eigenvalue weighted by Gasteiger charge is 2.84. The standard InChI is InChI=1S/C25H32O7/c1-22-7-4-13(27)10-16(22)14(12-26)19(21(29)30-3)20-15-5-8-24(9-6-18(28)32-24)23(15,2)11-17-25(20,22)31-17/h10,14-15,17,19-20,26H,4-9,11-12H2,1-3H3/t14-,15?,17+,19+,20?,22-,23-,24+,25?/m0/s1. The van der Waals surface area contributed by atoms with Crippen molar-refractivity contribution < 1.29 is 33.7 Å². The molecule has 2 aliphatic heterocycles. The number of epoxide rings is 1. The molecule has 7 heteroatoms. The van der Waals surface area contributed by atoms with Gasteiger partial charge < -0.3 is 19.3 Å². The summed E-state index contributed by atoms with van der Waals surface area (Å²) in [5, 5.41) is 10.5. The monoisotopic (exact) mass is 444 g/mol. The third-order valence-corrected chi connectivity index (χ3v) is 10.6. The molecule has 0 amide bonds. The lowest BCUT2D eigenvalue weighted by Gasteiger charge is -2.60. The predicted molar refractivity (Wildman–Crippen MR) is 111 cm³/mol. The summed E-state index contributed by atoms with van der Waals surface area (Å²) in [6.45, 7) is 4.17. The van der Waals surface area contributed by atoms with Crippen molar-refractivity contribution in [2.75, 3.05) is 13.7 Å². The van der Waals surface area contributed by atoms with Crippen LogP contribution < -0.4 is 0 Å². The molecule has 4 aliphatic carbocycles. The molecule has 0 aromatic rings. The number of aliphatic hydroxyl groups is 1. The third kappa shape index (κ3) is 2.13. The van der Waals surface area contributed by atoms with E-state index in [1.807, 2.05) is 0 Å². The number of carbonyl (C=O) groups is 3. The summed E-state index contributed by atoms with van der Waals surface area (Å²) in [5.41, 5.74) is -0.876. The maximum atomic E-state index is 13.3. The molecule has 9 atom stereocenters. The van der Waals surface area contributed by atoms with Crippen molar-refractivity contribution >= 4 is 17.7 Å². The molecule has 174 valence electrons. The van der Waals surface area contributed by atoms with Gasteiger partial charge >= 0.3 is 11.9 Å². The van der Waals surface area contributed by atoms with Gasteiger partial charge in [-0.25, -0.2) is 0 Å². The van der Waals surface area contributed by atoms with Gasteiger partial charge in [0.2, 0.25) is 0 Å². The fourth-order valence-corrected chi connectivity index (χ4v) is 9.15. The van der Waals surface area contributed by atoms with Crippen LogP contribution in [0.25, 0.3) is 0 Å². The van der Waals surface area contributed by atoms with Gasteiger partial charge in [0.15, 0.2) is 5.78 Å². The molecule has 6 aliphatic rings. The highest BCUT2D eigenvalue weighted by molar-refractivity contribution is 5.92. The van der Waals surface area contributed by atoms with Gasteiger partial charge in [0, 0.05) is 35.5 Å². The fraction of sp³-hybridized carbons (Fsp3) is 0.800. The number of ketones is 1. The Morgan fingerprint density at radius 2 is 2.00 bits per heavy atom. The number of hydrogen-bond acceptors (Lipinski definition) is 7. The van der Waals surface area contributed by atoms with Crippen LogP contribution in [0.1, 0.15) is 58.8 Å². The molecule has 2 spiro atoms. The fourth-order valence-electron chi connectivity index (χ4n) is 9.15. The summed E-state index contributed by atoms with van der Waals surface area (Å²) >= 11 is 0. The summed E-state index contributed by atoms with van der Waals surface area (Å²) < 4.78 is 18.0. The number of ether oxygens (including phenoxy) is 3. The van der Waals surface area contributed by atoms with Crippen LogP contribution >= 0.6 is 0 Å². The van der Waals surface area contributed by atoms with Gasteiger partial charge in [-0.1, -0.05) is 19.4 Å². The van der Waals surface area contributed by atoms with E-state index in [0.29, 0.717) is 25.7 Å². The Kier molecular flexibility index (Phi) is 4.06. The van der Waals surface area contributed by atoms with Crippen LogP contribution in [0.5, 0.6) is 0 Å². The van der Waals surface area contributed by atoms with Gasteiger partial charge in [0.25, 0.3) is 0 Å². The highest BCUT2D eigenvalue weighted by Crippen LogP contribution is 2.79. The van der Waals surface area contributed by atoms with E-state index >= 15 is 0 Å². The van der Waals surface area contributed by atoms with Gasteiger partial charge in [-0.3, -0.25) is 14.4 Å². The van der Waals surface area contributed by atoms with Crippen LogP contribution in [0.4, 0.5) is 0 Å². The van der Waals surface area contributed by atoms with Crippen molar-refractivity contribution in [3.05, 3.63) is 11.6 Å². The van der Waals surface area contributed by atoms with Crippen LogP contribution in [0, 0.1) is 34.5 Å². The van der Waals surface area contributed by atoms with E-state index in [9.17, 15) is 19.5 Å². The van der Waals surface area contributed by atoms with E-state index in [1.165, 1.54) is 7.11 Å². The lowest BCUT2D eigenvalue weighted by atomic mass is 9.41. The molecule has 3 saturated carbocycles. The van der Waals surface area contributed by atoms with Crippen molar-refractivity contribution in [3.63, 3.8) is 0 Å². The van der Waals surface area contributed by atoms with E-state index < -0.39 is 28.5 Å². The molecular formula is C25H32O7. The summed E-state index contributed by atoms with van der Waals surface area (Å²) in [6, 6.07) is 0. The minimum Gasteiger partial charge on any atom is -0.469 e. The second kappa shape index (κ2) is 6.23. The maximum Gasteiger partial charge on any atom is 0.309 e. The highest BCUT2D eigenvalue weighted by atomic mass is 16.6. The summed E-state index contributed by atoms with van der Waals surface area (Å²) in [7, 11) is 1.39. The first kappa shape index (κ1) is 20.8. The minimum absolute atomic E-state index is 0.0462. The van der Waals surface area contributed by atoms with E-state index in [0.717, 1.165) is 24.8 Å². The van der Waals surface area contributed by atoms with Gasteiger partial charge in [-0.15, -0.1) is 0 Å². The number of methoxy groups -OCH3 is 1. The molecule has 1 N–H and O–H groups in total. The minimum atomic E-state index is -0.586. The molecule has 0 bridgehead atoms. The van der Waals surface area contributed by atoms with Crippen molar-refractivity contribution in [1.29, 1.82) is 0 Å². The Labute approximate surface area is 187 Å². The average Bonchev–Trinajstić information content (AvgIpc) is 3.25. The molecule has 3 unspecified atom stereocenters. The average molecular weight is 445 g/mol. The van der Waals surface area contributed by atoms with Gasteiger partial charge in [-0.05, 0) is 44.1 Å². The van der Waals surface area contributed by atoms with Crippen LogP contribution in [-0.4, -0.2) is 53.9 Å². The molecule has 2 heterocycles. The third-order valence-electron chi connectivity index (χ3n) is 10.6. The van der Waals surface area contributed by atoms with Crippen LogP contribution in [-0.2, 0) is 28.6 Å². The SMILES string of the molecule is COC(=O)[C@H]1C2C3CC[C@@]4(CCC(=O)O4)[C@@]3(C)C[C@H]3OC23[C@@]2(C)CCC(=O)C=C2[C@@H]1CO. The first-order chi connectivity index (χ1) is 15.2. The number of carbonyl (C=O) groups excluding carboxylic acids is 3. The largest absolute Gasteiger partial charge is 0.469 e.